The zero-order valence-corrected chi connectivity index (χ0v) is 15.8. The monoisotopic (exact) mass is 381 g/mol. The number of benzene rings is 2. The molecule has 7 heteroatoms. The van der Waals surface area contributed by atoms with E-state index in [-0.39, 0.29) is 23.1 Å². The number of ether oxygens (including phenoxy) is 2. The maximum atomic E-state index is 12.1. The van der Waals surface area contributed by atoms with Crippen LogP contribution in [0.4, 0.5) is 5.69 Å². The summed E-state index contributed by atoms with van der Waals surface area (Å²) >= 11 is 4.82. The number of thiocarbonyl (C=S) groups is 1. The molecule has 0 saturated heterocycles. The number of carbonyl (C=O) groups is 1. The van der Waals surface area contributed by atoms with E-state index < -0.39 is 0 Å². The topological polar surface area (TPSA) is 97.4 Å². The van der Waals surface area contributed by atoms with Gasteiger partial charge in [-0.3, -0.25) is 4.79 Å². The fourth-order valence-corrected chi connectivity index (χ4v) is 2.37. The highest BCUT2D eigenvalue weighted by Crippen LogP contribution is 2.29. The summed E-state index contributed by atoms with van der Waals surface area (Å²) in [5, 5.41) is 11.8. The highest BCUT2D eigenvalue weighted by molar-refractivity contribution is 7.80. The minimum atomic E-state index is -0.282. The minimum absolute atomic E-state index is 0.0182. The molecule has 6 nitrogen and oxygen atoms in total. The van der Waals surface area contributed by atoms with E-state index in [0.717, 1.165) is 11.3 Å². The van der Waals surface area contributed by atoms with Crippen molar-refractivity contribution in [3.05, 3.63) is 59.2 Å². The maximum absolute atomic E-state index is 12.1. The molecule has 2 aromatic carbocycles. The second kappa shape index (κ2) is 9.36. The van der Waals surface area contributed by atoms with E-state index in [0.29, 0.717) is 17.1 Å². The lowest BCUT2D eigenvalue weighted by atomic mass is 10.1. The Balaban J connectivity index is 2.08. The first-order valence-corrected chi connectivity index (χ1v) is 8.43. The third-order valence-corrected chi connectivity index (χ3v) is 3.88. The van der Waals surface area contributed by atoms with Crippen molar-refractivity contribution in [2.75, 3.05) is 19.0 Å². The summed E-state index contributed by atoms with van der Waals surface area (Å²) in [6, 6.07) is 14.5. The van der Waals surface area contributed by atoms with Gasteiger partial charge < -0.3 is 20.5 Å². The van der Waals surface area contributed by atoms with Crippen LogP contribution in [0.15, 0.2) is 48.0 Å². The summed E-state index contributed by atoms with van der Waals surface area (Å²) in [6.45, 7) is 1.74. The Morgan fingerprint density at radius 3 is 2.67 bits per heavy atom. The Morgan fingerprint density at radius 2 is 2.04 bits per heavy atom. The molecule has 0 aromatic heterocycles. The van der Waals surface area contributed by atoms with Crippen molar-refractivity contribution in [1.82, 2.24) is 0 Å². The normalized spacial score (nSPS) is 10.6. The number of nitrogens with two attached hydrogens (primary N) is 1. The molecule has 0 spiro atoms. The van der Waals surface area contributed by atoms with Crippen molar-refractivity contribution in [2.24, 2.45) is 5.73 Å². The Morgan fingerprint density at radius 1 is 1.30 bits per heavy atom. The number of carbonyl (C=O) groups excluding carboxylic acids is 1. The van der Waals surface area contributed by atoms with Gasteiger partial charge >= 0.3 is 0 Å². The van der Waals surface area contributed by atoms with E-state index in [2.05, 4.69) is 5.32 Å². The summed E-state index contributed by atoms with van der Waals surface area (Å²) in [7, 11) is 1.49. The average Bonchev–Trinajstić information content (AvgIpc) is 2.66. The first-order chi connectivity index (χ1) is 12.9. The lowest BCUT2D eigenvalue weighted by Gasteiger charge is -2.12. The van der Waals surface area contributed by atoms with Crippen LogP contribution in [0.1, 0.15) is 11.1 Å². The number of hydrogen-bond donors (Lipinski definition) is 2. The molecule has 0 atom stereocenters. The second-order valence-corrected chi connectivity index (χ2v) is 6.04. The van der Waals surface area contributed by atoms with Crippen molar-refractivity contribution < 1.29 is 14.3 Å². The van der Waals surface area contributed by atoms with Crippen molar-refractivity contribution in [2.45, 2.75) is 6.92 Å². The second-order valence-electron chi connectivity index (χ2n) is 5.60. The minimum Gasteiger partial charge on any atom is -0.493 e. The number of amides is 1. The van der Waals surface area contributed by atoms with Crippen molar-refractivity contribution in [3.63, 3.8) is 0 Å². The molecule has 0 saturated carbocycles. The van der Waals surface area contributed by atoms with Crippen LogP contribution < -0.4 is 20.5 Å². The fourth-order valence-electron chi connectivity index (χ4n) is 2.26. The number of para-hydroxylation sites is 1. The van der Waals surface area contributed by atoms with E-state index in [1.165, 1.54) is 7.11 Å². The predicted molar refractivity (Wildman–Crippen MR) is 109 cm³/mol. The van der Waals surface area contributed by atoms with Crippen molar-refractivity contribution >= 4 is 34.9 Å². The summed E-state index contributed by atoms with van der Waals surface area (Å²) in [6.07, 6.45) is 1.56. The van der Waals surface area contributed by atoms with E-state index in [9.17, 15) is 4.79 Å². The van der Waals surface area contributed by atoms with Gasteiger partial charge in [-0.1, -0.05) is 36.5 Å². The quantitative estimate of drug-likeness (QED) is 0.434. The van der Waals surface area contributed by atoms with Crippen LogP contribution in [0.3, 0.4) is 0 Å². The lowest BCUT2D eigenvalue weighted by molar-refractivity contribution is -0.118. The van der Waals surface area contributed by atoms with Gasteiger partial charge in [0.2, 0.25) is 0 Å². The molecule has 2 rings (SSSR count). The van der Waals surface area contributed by atoms with Crippen LogP contribution >= 0.6 is 12.2 Å². The first-order valence-electron chi connectivity index (χ1n) is 8.02. The largest absolute Gasteiger partial charge is 0.493 e. The molecule has 0 heterocycles. The molecule has 0 fully saturated rings. The number of nitriles is 1. The number of rotatable bonds is 7. The highest BCUT2D eigenvalue weighted by atomic mass is 32.1. The average molecular weight is 381 g/mol. The summed E-state index contributed by atoms with van der Waals surface area (Å²) in [5.74, 6) is 0.548. The van der Waals surface area contributed by atoms with Crippen LogP contribution in [-0.4, -0.2) is 24.6 Å². The van der Waals surface area contributed by atoms with E-state index in [4.69, 9.17) is 32.7 Å². The fraction of sp³-hybridized carbons (Fsp3) is 0.150. The van der Waals surface area contributed by atoms with E-state index >= 15 is 0 Å². The molecule has 0 radical (unpaired) electrons. The third kappa shape index (κ3) is 5.56. The van der Waals surface area contributed by atoms with Gasteiger partial charge in [0.05, 0.1) is 12.7 Å². The van der Waals surface area contributed by atoms with Crippen LogP contribution in [0, 0.1) is 18.3 Å². The number of hydrogen-bond acceptors (Lipinski definition) is 5. The summed E-state index contributed by atoms with van der Waals surface area (Å²) in [4.78, 5) is 12.1. The molecule has 0 aliphatic carbocycles. The van der Waals surface area contributed by atoms with Crippen molar-refractivity contribution in [1.29, 1.82) is 5.26 Å². The van der Waals surface area contributed by atoms with Crippen molar-refractivity contribution in [3.8, 4) is 17.6 Å². The smallest absolute Gasteiger partial charge is 0.262 e. The molecular formula is C20H19N3O3S. The number of aryl methyl sites for hydroxylation is 1. The first kappa shape index (κ1) is 19.9. The van der Waals surface area contributed by atoms with Gasteiger partial charge in [-0.25, -0.2) is 0 Å². The number of nitrogens with one attached hydrogen (secondary N) is 1. The van der Waals surface area contributed by atoms with Gasteiger partial charge in [0.1, 0.15) is 11.1 Å². The van der Waals surface area contributed by atoms with Gasteiger partial charge in [0.15, 0.2) is 18.1 Å². The maximum Gasteiger partial charge on any atom is 0.262 e. The Hall–Kier alpha value is -3.37. The van der Waals surface area contributed by atoms with Gasteiger partial charge in [0.25, 0.3) is 5.91 Å². The molecular weight excluding hydrogens is 362 g/mol. The molecule has 3 N–H and O–H groups in total. The number of nitrogens with zero attached hydrogens (tertiary/aromatic N) is 1. The SMILES string of the molecule is COc1cc(/C=C(/C#N)C(N)=S)ccc1OCC(=O)Nc1ccccc1C. The Bertz CT molecular complexity index is 932. The number of methoxy groups -OCH3 is 1. The van der Waals surface area contributed by atoms with Gasteiger partial charge in [-0.15, -0.1) is 0 Å². The molecule has 27 heavy (non-hydrogen) atoms. The highest BCUT2D eigenvalue weighted by Gasteiger charge is 2.10. The Kier molecular flexibility index (Phi) is 6.92. The van der Waals surface area contributed by atoms with Crippen LogP contribution in [0.5, 0.6) is 11.5 Å². The third-order valence-electron chi connectivity index (χ3n) is 3.66. The van der Waals surface area contributed by atoms with Gasteiger partial charge in [0, 0.05) is 5.69 Å². The summed E-state index contributed by atoms with van der Waals surface area (Å²) < 4.78 is 10.9. The predicted octanol–water partition coefficient (Wildman–Crippen LogP) is 3.21. The van der Waals surface area contributed by atoms with Gasteiger partial charge in [-0.05, 0) is 42.3 Å². The molecule has 0 aliphatic rings. The zero-order chi connectivity index (χ0) is 19.8. The van der Waals surface area contributed by atoms with E-state index in [1.807, 2.05) is 37.3 Å². The standard InChI is InChI=1S/C20H19N3O3S/c1-13-5-3-4-6-16(13)23-19(24)12-26-17-8-7-14(10-18(17)25-2)9-15(11-21)20(22)27/h3-10H,12H2,1-2H3,(H2,22,27)(H,23,24)/b15-9-. The molecule has 1 amide bonds. The van der Waals surface area contributed by atoms with Crippen LogP contribution in [0.2, 0.25) is 0 Å². The molecule has 0 bridgehead atoms. The Labute approximate surface area is 163 Å². The lowest BCUT2D eigenvalue weighted by Crippen LogP contribution is -2.20. The number of anilines is 1. The molecule has 138 valence electrons. The molecule has 0 aliphatic heterocycles. The van der Waals surface area contributed by atoms with Crippen LogP contribution in [0.25, 0.3) is 6.08 Å². The molecule has 2 aromatic rings. The van der Waals surface area contributed by atoms with Crippen LogP contribution in [-0.2, 0) is 4.79 Å². The zero-order valence-electron chi connectivity index (χ0n) is 15.0. The van der Waals surface area contributed by atoms with E-state index in [1.54, 1.807) is 24.3 Å². The summed E-state index contributed by atoms with van der Waals surface area (Å²) in [5.41, 5.74) is 8.06. The molecule has 0 unspecified atom stereocenters. The van der Waals surface area contributed by atoms with Gasteiger partial charge in [-0.2, -0.15) is 5.26 Å².